The zero-order valence-electron chi connectivity index (χ0n) is 28.1. The summed E-state index contributed by atoms with van der Waals surface area (Å²) in [7, 11) is -3.16. The fourth-order valence-corrected chi connectivity index (χ4v) is 8.17. The molecule has 1 N–H and O–H groups in total. The average molecular weight is 678 g/mol. The molecule has 45 heavy (non-hydrogen) atoms. The van der Waals surface area contributed by atoms with Gasteiger partial charge >= 0.3 is 0 Å². The van der Waals surface area contributed by atoms with Crippen molar-refractivity contribution in [2.24, 2.45) is 0 Å². The third kappa shape index (κ3) is 8.66. The number of rotatable bonds is 13. The second-order valence-corrected chi connectivity index (χ2v) is 20.6. The number of carbonyl (C=O) groups excluding carboxylic acids is 1. The molecule has 0 saturated heterocycles. The molecule has 2 aromatic heterocycles. The Kier molecular flexibility index (Phi) is 11.4. The molecule has 4 aromatic rings. The molecule has 0 aliphatic heterocycles. The van der Waals surface area contributed by atoms with Crippen molar-refractivity contribution in [3.8, 4) is 28.3 Å². The first-order chi connectivity index (χ1) is 21.2. The van der Waals surface area contributed by atoms with E-state index in [0.29, 0.717) is 11.5 Å². The molecule has 4 rings (SSSR count). The number of anilines is 1. The number of amides is 1. The number of carbonyl (C=O) groups is 1. The van der Waals surface area contributed by atoms with Crippen molar-refractivity contribution in [2.75, 3.05) is 5.32 Å². The van der Waals surface area contributed by atoms with E-state index in [1.54, 1.807) is 17.5 Å². The molecule has 240 valence electrons. The van der Waals surface area contributed by atoms with Crippen LogP contribution in [0.1, 0.15) is 45.7 Å². The Labute approximate surface area is 278 Å². The highest BCUT2D eigenvalue weighted by atomic mass is 32.1. The van der Waals surface area contributed by atoms with Gasteiger partial charge in [0, 0.05) is 21.9 Å². The van der Waals surface area contributed by atoms with Crippen molar-refractivity contribution in [3.05, 3.63) is 82.7 Å². The molecule has 0 saturated carbocycles. The minimum Gasteiger partial charge on any atom is -0.544 e. The zero-order chi connectivity index (χ0) is 32.8. The summed E-state index contributed by atoms with van der Waals surface area (Å²) in [6.07, 6.45) is 1.71. The molecule has 0 fully saturated rings. The maximum absolute atomic E-state index is 13.2. The molecule has 0 unspecified atom stereocenters. The Morgan fingerprint density at radius 3 is 2.13 bits per heavy atom. The molecule has 0 spiro atoms. The van der Waals surface area contributed by atoms with Crippen LogP contribution in [-0.4, -0.2) is 50.0 Å². The van der Waals surface area contributed by atoms with Crippen LogP contribution in [0.3, 0.4) is 0 Å². The number of hydrogen-bond acceptors (Lipinski definition) is 7. The van der Waals surface area contributed by atoms with Gasteiger partial charge < -0.3 is 18.6 Å². The third-order valence-corrected chi connectivity index (χ3v) is 14.8. The van der Waals surface area contributed by atoms with Gasteiger partial charge in [-0.25, -0.2) is 9.97 Å². The Bertz CT molecular complexity index is 1550. The second-order valence-electron chi connectivity index (χ2n) is 13.2. The van der Waals surface area contributed by atoms with Crippen LogP contribution in [0.5, 0.6) is 5.75 Å². The molecule has 11 heteroatoms. The van der Waals surface area contributed by atoms with Gasteiger partial charge in [0.25, 0.3) is 0 Å². The van der Waals surface area contributed by atoms with Gasteiger partial charge in [-0.05, 0) is 65.0 Å². The number of benzene rings is 2. The maximum atomic E-state index is 13.2. The lowest BCUT2D eigenvalue weighted by atomic mass is 9.83. The van der Waals surface area contributed by atoms with E-state index >= 15 is 0 Å². The lowest BCUT2D eigenvalue weighted by molar-refractivity contribution is -0.115. The molecule has 1 amide bonds. The van der Waals surface area contributed by atoms with E-state index in [9.17, 15) is 4.79 Å². The first-order valence-corrected chi connectivity index (χ1v) is 23.4. The number of nitrogens with zero attached hydrogens (tertiary/aromatic N) is 2. The minimum absolute atomic E-state index is 0.118. The topological polar surface area (TPSA) is 82.6 Å². The standard InChI is InChI=1S/C34H47N3O4SSi3/c1-33(2,3)45(8,9)41-27-16-12-24(13-17-27)28-21-35-31(30(36-28)25-18-19-42-22-25)37-29(38)20-23-10-14-26(15-11-23)34(4,5)32(39-43-6)40-44-7/h10-19,21-22,32H,20,43-44H2,1-9H3,(H,35,37,38). The van der Waals surface area contributed by atoms with Crippen molar-refractivity contribution in [1.29, 1.82) is 0 Å². The van der Waals surface area contributed by atoms with Crippen molar-refractivity contribution in [1.82, 2.24) is 9.97 Å². The molecule has 0 radical (unpaired) electrons. The highest BCUT2D eigenvalue weighted by Crippen LogP contribution is 2.38. The summed E-state index contributed by atoms with van der Waals surface area (Å²) in [5, 5.41) is 7.15. The summed E-state index contributed by atoms with van der Waals surface area (Å²) in [5.74, 6) is 1.16. The zero-order valence-corrected chi connectivity index (χ0v) is 32.7. The summed E-state index contributed by atoms with van der Waals surface area (Å²) in [4.78, 5) is 22.8. The van der Waals surface area contributed by atoms with E-state index in [4.69, 9.17) is 18.3 Å². The highest BCUT2D eigenvalue weighted by Gasteiger charge is 2.39. The van der Waals surface area contributed by atoms with Gasteiger partial charge in [-0.3, -0.25) is 4.79 Å². The van der Waals surface area contributed by atoms with Crippen LogP contribution in [0, 0.1) is 0 Å². The molecule has 2 heterocycles. The summed E-state index contributed by atoms with van der Waals surface area (Å²) in [5.41, 5.74) is 4.99. The van der Waals surface area contributed by atoms with E-state index in [2.05, 4.69) is 83.2 Å². The molecular formula is C34H47N3O4SSi3. The minimum atomic E-state index is -1.94. The predicted octanol–water partition coefficient (Wildman–Crippen LogP) is 7.34. The molecule has 0 aliphatic rings. The fraction of sp³-hybridized carbons (Fsp3) is 0.382. The van der Waals surface area contributed by atoms with Crippen molar-refractivity contribution in [3.63, 3.8) is 0 Å². The quantitative estimate of drug-likeness (QED) is 0.118. The van der Waals surface area contributed by atoms with Crippen LogP contribution in [-0.2, 0) is 25.5 Å². The smallest absolute Gasteiger partial charge is 0.250 e. The predicted molar refractivity (Wildman–Crippen MR) is 195 cm³/mol. The molecule has 2 aromatic carbocycles. The lowest BCUT2D eigenvalue weighted by Crippen LogP contribution is -2.43. The van der Waals surface area contributed by atoms with E-state index in [1.807, 2.05) is 53.2 Å². The third-order valence-electron chi connectivity index (χ3n) is 8.44. The van der Waals surface area contributed by atoms with Crippen LogP contribution in [0.4, 0.5) is 5.82 Å². The Balaban J connectivity index is 1.50. The van der Waals surface area contributed by atoms with E-state index < -0.39 is 27.8 Å². The second kappa shape index (κ2) is 14.7. The number of nitrogens with one attached hydrogen (secondary N) is 1. The van der Waals surface area contributed by atoms with Gasteiger partial charge in [-0.2, -0.15) is 11.3 Å². The van der Waals surface area contributed by atoms with E-state index in [1.165, 1.54) is 0 Å². The van der Waals surface area contributed by atoms with Crippen LogP contribution >= 0.6 is 11.3 Å². The molecule has 7 nitrogen and oxygen atoms in total. The van der Waals surface area contributed by atoms with Gasteiger partial charge in [0.2, 0.25) is 14.2 Å². The fourth-order valence-electron chi connectivity index (χ4n) is 4.68. The average Bonchev–Trinajstić information content (AvgIpc) is 3.52. The van der Waals surface area contributed by atoms with Gasteiger partial charge in [0.1, 0.15) is 17.7 Å². The van der Waals surface area contributed by atoms with Gasteiger partial charge in [-0.1, -0.05) is 72.0 Å². The lowest BCUT2D eigenvalue weighted by Gasteiger charge is -2.36. The SMILES string of the molecule is C[SiH2]OC(O[SiH2]C)C(C)(C)c1ccc(CC(=O)Nc2ncc(-c3ccc(O[Si](C)(C)C(C)(C)C)cc3)nc2-c2ccsc2)cc1. The monoisotopic (exact) mass is 677 g/mol. The van der Waals surface area contributed by atoms with E-state index in [0.717, 1.165) is 33.7 Å². The van der Waals surface area contributed by atoms with Crippen molar-refractivity contribution in [2.45, 2.75) is 84.0 Å². The molecule has 0 aliphatic carbocycles. The summed E-state index contributed by atoms with van der Waals surface area (Å²) in [6.45, 7) is 19.7. The Morgan fingerprint density at radius 1 is 0.933 bits per heavy atom. The Hall–Kier alpha value is -2.94. The van der Waals surface area contributed by atoms with Gasteiger partial charge in [-0.15, -0.1) is 0 Å². The van der Waals surface area contributed by atoms with Crippen LogP contribution in [0.25, 0.3) is 22.5 Å². The Morgan fingerprint density at radius 2 is 1.58 bits per heavy atom. The normalized spacial score (nSPS) is 13.5. The number of hydrogen-bond donors (Lipinski definition) is 1. The van der Waals surface area contributed by atoms with Crippen molar-refractivity contribution >= 4 is 50.9 Å². The summed E-state index contributed by atoms with van der Waals surface area (Å²) in [6, 6.07) is 18.2. The molecular weight excluding hydrogens is 631 g/mol. The molecule has 0 atom stereocenters. The van der Waals surface area contributed by atoms with Crippen LogP contribution in [0.2, 0.25) is 31.2 Å². The highest BCUT2D eigenvalue weighted by molar-refractivity contribution is 7.08. The number of thiophene rings is 1. The van der Waals surface area contributed by atoms with Crippen molar-refractivity contribution < 1.29 is 18.1 Å². The van der Waals surface area contributed by atoms with Crippen LogP contribution in [0.15, 0.2) is 71.6 Å². The molecule has 0 bridgehead atoms. The first kappa shape index (κ1) is 34.9. The number of aromatic nitrogens is 2. The summed E-state index contributed by atoms with van der Waals surface area (Å²) < 4.78 is 18.5. The maximum Gasteiger partial charge on any atom is 0.250 e. The van der Waals surface area contributed by atoms with Gasteiger partial charge in [0.05, 0.1) is 18.3 Å². The largest absolute Gasteiger partial charge is 0.544 e. The summed E-state index contributed by atoms with van der Waals surface area (Å²) >= 11 is 1.58. The van der Waals surface area contributed by atoms with E-state index in [-0.39, 0.29) is 29.1 Å². The first-order valence-electron chi connectivity index (χ1n) is 15.6. The van der Waals surface area contributed by atoms with Gasteiger partial charge in [0.15, 0.2) is 25.3 Å². The van der Waals surface area contributed by atoms with Crippen LogP contribution < -0.4 is 9.74 Å².